The third-order valence-corrected chi connectivity index (χ3v) is 4.14. The minimum atomic E-state index is -4.07. The monoisotopic (exact) mass is 303 g/mol. The van der Waals surface area contributed by atoms with Gasteiger partial charge >= 0.3 is 0 Å². The molecule has 0 saturated heterocycles. The lowest BCUT2D eigenvalue weighted by atomic mass is 10.3. The highest BCUT2D eigenvalue weighted by Crippen LogP contribution is 2.22. The highest BCUT2D eigenvalue weighted by Gasteiger charge is 2.24. The van der Waals surface area contributed by atoms with Crippen molar-refractivity contribution in [2.75, 3.05) is 4.72 Å². The maximum Gasteiger partial charge on any atom is 0.265 e. The summed E-state index contributed by atoms with van der Waals surface area (Å²) in [6.07, 6.45) is 0. The van der Waals surface area contributed by atoms with E-state index in [-0.39, 0.29) is 22.0 Å². The van der Waals surface area contributed by atoms with Crippen molar-refractivity contribution in [1.29, 1.82) is 0 Å². The van der Waals surface area contributed by atoms with E-state index >= 15 is 0 Å². The van der Waals surface area contributed by atoms with E-state index in [9.17, 15) is 17.2 Å². The van der Waals surface area contributed by atoms with Crippen molar-refractivity contribution in [3.05, 3.63) is 41.2 Å². The van der Waals surface area contributed by atoms with Gasteiger partial charge in [0.05, 0.1) is 18.0 Å². The highest BCUT2D eigenvalue weighted by molar-refractivity contribution is 7.92. The van der Waals surface area contributed by atoms with Crippen LogP contribution in [-0.4, -0.2) is 23.7 Å². The minimum Gasteiger partial charge on any atom is -0.390 e. The molecule has 0 radical (unpaired) electrons. The van der Waals surface area contributed by atoms with Crippen molar-refractivity contribution in [3.8, 4) is 0 Å². The van der Waals surface area contributed by atoms with E-state index in [1.807, 2.05) is 0 Å². The molecule has 6 nitrogen and oxygen atoms in total. The number of halogens is 2. The Kier molecular flexibility index (Phi) is 3.73. The molecular weight excluding hydrogens is 292 g/mol. The van der Waals surface area contributed by atoms with Gasteiger partial charge in [-0.3, -0.25) is 9.82 Å². The number of benzene rings is 1. The van der Waals surface area contributed by atoms with Crippen molar-refractivity contribution in [1.82, 2.24) is 10.2 Å². The van der Waals surface area contributed by atoms with Gasteiger partial charge in [0, 0.05) is 6.07 Å². The van der Waals surface area contributed by atoms with Crippen LogP contribution in [0.1, 0.15) is 11.4 Å². The topological polar surface area (TPSA) is 95.1 Å². The number of aliphatic hydroxyl groups is 1. The lowest BCUT2D eigenvalue weighted by Gasteiger charge is -2.08. The van der Waals surface area contributed by atoms with Gasteiger partial charge in [-0.2, -0.15) is 5.10 Å². The third-order valence-electron chi connectivity index (χ3n) is 2.55. The number of H-pyrrole nitrogens is 1. The number of aryl methyl sites for hydroxylation is 1. The first-order valence-electron chi connectivity index (χ1n) is 5.47. The van der Waals surface area contributed by atoms with Crippen LogP contribution in [0.5, 0.6) is 0 Å². The van der Waals surface area contributed by atoms with Crippen molar-refractivity contribution in [2.24, 2.45) is 0 Å². The minimum absolute atomic E-state index is 0.0578. The average molecular weight is 303 g/mol. The summed E-state index contributed by atoms with van der Waals surface area (Å²) < 4.78 is 52.3. The van der Waals surface area contributed by atoms with E-state index in [0.29, 0.717) is 0 Å². The first-order valence-corrected chi connectivity index (χ1v) is 6.96. The number of nitrogens with zero attached hydrogens (tertiary/aromatic N) is 1. The zero-order valence-corrected chi connectivity index (χ0v) is 11.1. The van der Waals surface area contributed by atoms with Crippen molar-refractivity contribution in [3.63, 3.8) is 0 Å². The van der Waals surface area contributed by atoms with Crippen molar-refractivity contribution in [2.45, 2.75) is 18.4 Å². The lowest BCUT2D eigenvalue weighted by Crippen LogP contribution is -2.15. The van der Waals surface area contributed by atoms with Crippen LogP contribution in [0, 0.1) is 18.6 Å². The Balaban J connectivity index is 2.40. The van der Waals surface area contributed by atoms with Crippen LogP contribution >= 0.6 is 0 Å². The number of hydrogen-bond acceptors (Lipinski definition) is 4. The van der Waals surface area contributed by atoms with Gasteiger partial charge in [-0.1, -0.05) is 0 Å². The summed E-state index contributed by atoms with van der Waals surface area (Å²) in [6.45, 7) is 0.893. The Morgan fingerprint density at radius 2 is 2.05 bits per heavy atom. The quantitative estimate of drug-likeness (QED) is 0.793. The van der Waals surface area contributed by atoms with Crippen LogP contribution in [0.3, 0.4) is 0 Å². The average Bonchev–Trinajstić information content (AvgIpc) is 2.75. The second-order valence-corrected chi connectivity index (χ2v) is 5.64. The molecule has 1 aromatic carbocycles. The Morgan fingerprint density at radius 1 is 1.35 bits per heavy atom. The van der Waals surface area contributed by atoms with Gasteiger partial charge in [0.2, 0.25) is 0 Å². The lowest BCUT2D eigenvalue weighted by molar-refractivity contribution is 0.273. The molecule has 0 aliphatic rings. The molecule has 1 heterocycles. The fourth-order valence-corrected chi connectivity index (χ4v) is 3.11. The summed E-state index contributed by atoms with van der Waals surface area (Å²) in [5.74, 6) is -2.25. The maximum absolute atomic E-state index is 13.1. The second kappa shape index (κ2) is 5.17. The molecule has 0 saturated carbocycles. The summed E-state index contributed by atoms with van der Waals surface area (Å²) in [6, 6.07) is 2.62. The zero-order valence-electron chi connectivity index (χ0n) is 10.3. The number of rotatable bonds is 4. The van der Waals surface area contributed by atoms with E-state index < -0.39 is 28.3 Å². The van der Waals surface area contributed by atoms with Gasteiger partial charge in [-0.25, -0.2) is 17.2 Å². The number of sulfonamides is 1. The van der Waals surface area contributed by atoms with E-state index in [4.69, 9.17) is 5.11 Å². The van der Waals surface area contributed by atoms with E-state index in [2.05, 4.69) is 14.9 Å². The van der Waals surface area contributed by atoms with E-state index in [1.54, 1.807) is 0 Å². The van der Waals surface area contributed by atoms with Crippen LogP contribution in [0.15, 0.2) is 23.1 Å². The summed E-state index contributed by atoms with van der Waals surface area (Å²) >= 11 is 0. The number of nitrogens with one attached hydrogen (secondary N) is 2. The first-order chi connectivity index (χ1) is 9.35. The smallest absolute Gasteiger partial charge is 0.265 e. The molecule has 0 spiro atoms. The highest BCUT2D eigenvalue weighted by atomic mass is 32.2. The molecule has 0 bridgehead atoms. The normalized spacial score (nSPS) is 11.6. The molecule has 0 amide bonds. The molecule has 0 unspecified atom stereocenters. The molecule has 0 aliphatic carbocycles. The van der Waals surface area contributed by atoms with Gasteiger partial charge in [0.15, 0.2) is 11.6 Å². The molecule has 2 rings (SSSR count). The Bertz CT molecular complexity index is 743. The molecule has 2 aromatic rings. The van der Waals surface area contributed by atoms with Gasteiger partial charge in [0.1, 0.15) is 10.6 Å². The standard InChI is InChI=1S/C11H11F2N3O3S/c1-6-11(10(5-17)15-14-6)20(18,19)16-7-2-3-8(12)9(13)4-7/h2-4,16-17H,5H2,1H3,(H,14,15). The first kappa shape index (κ1) is 14.4. The SMILES string of the molecule is Cc1[nH]nc(CO)c1S(=O)(=O)Nc1ccc(F)c(F)c1. The molecule has 3 N–H and O–H groups in total. The second-order valence-electron chi connectivity index (χ2n) is 4.02. The fourth-order valence-electron chi connectivity index (χ4n) is 1.70. The van der Waals surface area contributed by atoms with Gasteiger partial charge in [-0.15, -0.1) is 0 Å². The van der Waals surface area contributed by atoms with Gasteiger partial charge in [0.25, 0.3) is 10.0 Å². The number of anilines is 1. The fraction of sp³-hybridized carbons (Fsp3) is 0.182. The van der Waals surface area contributed by atoms with E-state index in [0.717, 1.165) is 18.2 Å². The number of aromatic amines is 1. The Hall–Kier alpha value is -2.00. The molecule has 20 heavy (non-hydrogen) atoms. The van der Waals surface area contributed by atoms with Crippen LogP contribution in [-0.2, 0) is 16.6 Å². The zero-order chi connectivity index (χ0) is 14.9. The van der Waals surface area contributed by atoms with Crippen molar-refractivity contribution < 1.29 is 22.3 Å². The number of aromatic nitrogens is 2. The predicted octanol–water partition coefficient (Wildman–Crippen LogP) is 1.29. The van der Waals surface area contributed by atoms with Gasteiger partial charge in [-0.05, 0) is 19.1 Å². The summed E-state index contributed by atoms with van der Waals surface area (Å²) in [5.41, 5.74) is 0.0371. The molecule has 0 atom stereocenters. The Morgan fingerprint density at radius 3 is 2.65 bits per heavy atom. The van der Waals surface area contributed by atoms with Crippen molar-refractivity contribution >= 4 is 15.7 Å². The summed E-state index contributed by atoms with van der Waals surface area (Å²) in [4.78, 5) is -0.218. The van der Waals surface area contributed by atoms with Crippen LogP contribution in [0.4, 0.5) is 14.5 Å². The van der Waals surface area contributed by atoms with Gasteiger partial charge < -0.3 is 5.11 Å². The molecular formula is C11H11F2N3O3S. The third kappa shape index (κ3) is 2.63. The summed E-state index contributed by atoms with van der Waals surface area (Å²) in [7, 11) is -4.07. The van der Waals surface area contributed by atoms with Crippen LogP contribution < -0.4 is 4.72 Å². The number of hydrogen-bond donors (Lipinski definition) is 3. The molecule has 108 valence electrons. The molecule has 0 aliphatic heterocycles. The number of aliphatic hydroxyl groups excluding tert-OH is 1. The van der Waals surface area contributed by atoms with Crippen LogP contribution in [0.25, 0.3) is 0 Å². The molecule has 1 aromatic heterocycles. The Labute approximate surface area is 113 Å². The molecule has 0 fully saturated rings. The maximum atomic E-state index is 13.1. The van der Waals surface area contributed by atoms with Crippen LogP contribution in [0.2, 0.25) is 0 Å². The predicted molar refractivity (Wildman–Crippen MR) is 66.4 cm³/mol. The van der Waals surface area contributed by atoms with E-state index in [1.165, 1.54) is 6.92 Å². The molecule has 9 heteroatoms. The largest absolute Gasteiger partial charge is 0.390 e. The summed E-state index contributed by atoms with van der Waals surface area (Å²) in [5, 5.41) is 15.1.